The molecular weight excluding hydrogens is 267 g/mol. The predicted octanol–water partition coefficient (Wildman–Crippen LogP) is 2.38. The van der Waals surface area contributed by atoms with Crippen LogP contribution in [0.4, 0.5) is 4.39 Å². The van der Waals surface area contributed by atoms with Crippen molar-refractivity contribution < 1.29 is 4.39 Å². The first-order valence-corrected chi connectivity index (χ1v) is 4.27. The molecule has 0 unspecified atom stereocenters. The van der Waals surface area contributed by atoms with Crippen LogP contribution < -0.4 is 0 Å². The lowest BCUT2D eigenvalue weighted by Gasteiger charge is -1.95. The van der Waals surface area contributed by atoms with Crippen LogP contribution in [0.5, 0.6) is 0 Å². The summed E-state index contributed by atoms with van der Waals surface area (Å²) in [6, 6.07) is 0. The molecular formula is C5H5Br2FN2. The van der Waals surface area contributed by atoms with Crippen LogP contribution in [0.3, 0.4) is 0 Å². The van der Waals surface area contributed by atoms with Crippen molar-refractivity contribution in [3.8, 4) is 0 Å². The van der Waals surface area contributed by atoms with Crippen molar-refractivity contribution in [3.05, 3.63) is 15.5 Å². The fourth-order valence-corrected chi connectivity index (χ4v) is 1.73. The number of hydrogen-bond acceptors (Lipinski definition) is 1. The second-order valence-electron chi connectivity index (χ2n) is 1.72. The third kappa shape index (κ3) is 1.79. The van der Waals surface area contributed by atoms with Crippen LogP contribution in [0.25, 0.3) is 0 Å². The predicted molar refractivity (Wildman–Crippen MR) is 43.6 cm³/mol. The zero-order valence-corrected chi connectivity index (χ0v) is 8.19. The van der Waals surface area contributed by atoms with Crippen LogP contribution in [0.15, 0.2) is 15.5 Å². The maximum Gasteiger partial charge on any atom is 0.178 e. The van der Waals surface area contributed by atoms with Gasteiger partial charge in [-0.2, -0.15) is 0 Å². The van der Waals surface area contributed by atoms with Crippen LogP contribution >= 0.6 is 31.9 Å². The quantitative estimate of drug-likeness (QED) is 0.808. The van der Waals surface area contributed by atoms with E-state index in [0.717, 1.165) is 0 Å². The number of aromatic nitrogens is 2. The van der Waals surface area contributed by atoms with Gasteiger partial charge in [0.05, 0.1) is 6.54 Å². The minimum Gasteiger partial charge on any atom is -0.322 e. The van der Waals surface area contributed by atoms with Gasteiger partial charge in [0.1, 0.15) is 11.3 Å². The molecule has 0 aliphatic carbocycles. The van der Waals surface area contributed by atoms with E-state index in [1.54, 1.807) is 10.8 Å². The van der Waals surface area contributed by atoms with Gasteiger partial charge in [0.25, 0.3) is 0 Å². The molecule has 10 heavy (non-hydrogen) atoms. The molecule has 0 saturated heterocycles. The zero-order valence-electron chi connectivity index (χ0n) is 5.02. The van der Waals surface area contributed by atoms with Crippen LogP contribution in [-0.4, -0.2) is 16.2 Å². The van der Waals surface area contributed by atoms with Gasteiger partial charge in [0.15, 0.2) is 4.73 Å². The van der Waals surface area contributed by atoms with Gasteiger partial charge in [0, 0.05) is 6.20 Å². The lowest BCUT2D eigenvalue weighted by molar-refractivity contribution is 0.442. The van der Waals surface area contributed by atoms with Crippen LogP contribution in [0.2, 0.25) is 0 Å². The smallest absolute Gasteiger partial charge is 0.178 e. The Labute approximate surface area is 74.7 Å². The maximum atomic E-state index is 11.8. The zero-order chi connectivity index (χ0) is 7.56. The lowest BCUT2D eigenvalue weighted by Crippen LogP contribution is -1.97. The van der Waals surface area contributed by atoms with Gasteiger partial charge in [-0.15, -0.1) is 0 Å². The highest BCUT2D eigenvalue weighted by atomic mass is 79.9. The summed E-state index contributed by atoms with van der Waals surface area (Å²) in [5, 5.41) is 0. The molecule has 0 aliphatic heterocycles. The monoisotopic (exact) mass is 270 g/mol. The summed E-state index contributed by atoms with van der Waals surface area (Å²) in [6.07, 6.45) is 1.73. The van der Waals surface area contributed by atoms with E-state index in [1.165, 1.54) is 0 Å². The molecule has 0 N–H and O–H groups in total. The highest BCUT2D eigenvalue weighted by Crippen LogP contribution is 2.14. The third-order valence-electron chi connectivity index (χ3n) is 1.02. The molecule has 0 aromatic carbocycles. The van der Waals surface area contributed by atoms with Crippen molar-refractivity contribution in [1.82, 2.24) is 9.55 Å². The van der Waals surface area contributed by atoms with Crippen LogP contribution in [0.1, 0.15) is 0 Å². The first kappa shape index (κ1) is 8.20. The van der Waals surface area contributed by atoms with Gasteiger partial charge in [-0.05, 0) is 31.9 Å². The fraction of sp³-hybridized carbons (Fsp3) is 0.400. The molecule has 5 heteroatoms. The molecule has 0 fully saturated rings. The molecule has 2 nitrogen and oxygen atoms in total. The lowest BCUT2D eigenvalue weighted by atomic mass is 10.7. The Bertz CT molecular complexity index is 223. The number of halogens is 3. The highest BCUT2D eigenvalue weighted by Gasteiger charge is 2.00. The third-order valence-corrected chi connectivity index (χ3v) is 2.04. The maximum absolute atomic E-state index is 11.8. The van der Waals surface area contributed by atoms with Gasteiger partial charge in [0.2, 0.25) is 0 Å². The van der Waals surface area contributed by atoms with Gasteiger partial charge >= 0.3 is 0 Å². The van der Waals surface area contributed by atoms with Crippen molar-refractivity contribution in [2.45, 2.75) is 6.54 Å². The van der Waals surface area contributed by atoms with E-state index in [1.807, 2.05) is 0 Å². The number of aryl methyl sites for hydroxylation is 1. The largest absolute Gasteiger partial charge is 0.322 e. The number of alkyl halides is 1. The van der Waals surface area contributed by atoms with Gasteiger partial charge < -0.3 is 4.57 Å². The fourth-order valence-electron chi connectivity index (χ4n) is 0.611. The summed E-state index contributed by atoms with van der Waals surface area (Å²) in [6.45, 7) is -0.0272. The first-order valence-electron chi connectivity index (χ1n) is 2.68. The van der Waals surface area contributed by atoms with Crippen LogP contribution in [-0.2, 0) is 6.54 Å². The van der Waals surface area contributed by atoms with Crippen molar-refractivity contribution in [2.75, 3.05) is 6.67 Å². The normalized spacial score (nSPS) is 10.3. The number of imidazole rings is 1. The van der Waals surface area contributed by atoms with Crippen molar-refractivity contribution in [3.63, 3.8) is 0 Å². The minimum atomic E-state index is -0.374. The van der Waals surface area contributed by atoms with Crippen LogP contribution in [0, 0.1) is 0 Å². The van der Waals surface area contributed by atoms with E-state index in [9.17, 15) is 4.39 Å². The molecule has 0 saturated carbocycles. The molecule has 56 valence electrons. The molecule has 1 aromatic heterocycles. The Morgan fingerprint density at radius 1 is 1.60 bits per heavy atom. The first-order chi connectivity index (χ1) is 4.74. The summed E-state index contributed by atoms with van der Waals surface area (Å²) >= 11 is 6.34. The molecule has 0 radical (unpaired) electrons. The standard InChI is InChI=1S/C5H5Br2FN2/c6-4-3-10(2-1-8)5(7)9-4/h3H,1-2H2. The Balaban J connectivity index is 2.81. The second kappa shape index (κ2) is 3.48. The van der Waals surface area contributed by atoms with Gasteiger partial charge in [-0.3, -0.25) is 0 Å². The highest BCUT2D eigenvalue weighted by molar-refractivity contribution is 9.11. The second-order valence-corrected chi connectivity index (χ2v) is 3.24. The van der Waals surface area contributed by atoms with Crippen molar-refractivity contribution in [2.24, 2.45) is 0 Å². The molecule has 1 heterocycles. The minimum absolute atomic E-state index is 0.346. The Morgan fingerprint density at radius 3 is 2.70 bits per heavy atom. The van der Waals surface area contributed by atoms with Crippen molar-refractivity contribution >= 4 is 31.9 Å². The summed E-state index contributed by atoms with van der Waals surface area (Å²) in [5.41, 5.74) is 0. The SMILES string of the molecule is FCCn1cc(Br)nc1Br. The summed E-state index contributed by atoms with van der Waals surface area (Å²) in [5.74, 6) is 0. The van der Waals surface area contributed by atoms with E-state index >= 15 is 0 Å². The Kier molecular flexibility index (Phi) is 2.85. The summed E-state index contributed by atoms with van der Waals surface area (Å²) in [4.78, 5) is 3.96. The molecule has 1 aromatic rings. The summed E-state index contributed by atoms with van der Waals surface area (Å²) in [7, 11) is 0. The summed E-state index contributed by atoms with van der Waals surface area (Å²) < 4.78 is 14.8. The van der Waals surface area contributed by atoms with E-state index in [4.69, 9.17) is 0 Å². The molecule has 0 amide bonds. The number of nitrogens with zero attached hydrogens (tertiary/aromatic N) is 2. The van der Waals surface area contributed by atoms with Gasteiger partial charge in [-0.25, -0.2) is 9.37 Å². The van der Waals surface area contributed by atoms with E-state index in [0.29, 0.717) is 15.9 Å². The topological polar surface area (TPSA) is 17.8 Å². The molecule has 0 atom stereocenters. The van der Waals surface area contributed by atoms with E-state index in [2.05, 4.69) is 36.8 Å². The van der Waals surface area contributed by atoms with Crippen molar-refractivity contribution in [1.29, 1.82) is 0 Å². The molecule has 0 spiro atoms. The number of rotatable bonds is 2. The Hall–Kier alpha value is 0.1000. The molecule has 0 aliphatic rings. The molecule has 0 bridgehead atoms. The number of hydrogen-bond donors (Lipinski definition) is 0. The average Bonchev–Trinajstić information content (AvgIpc) is 2.13. The van der Waals surface area contributed by atoms with E-state index in [-0.39, 0.29) is 6.67 Å². The molecule has 1 rings (SSSR count). The van der Waals surface area contributed by atoms with Gasteiger partial charge in [-0.1, -0.05) is 0 Å². The average molecular weight is 272 g/mol. The van der Waals surface area contributed by atoms with E-state index < -0.39 is 0 Å². The Morgan fingerprint density at radius 2 is 2.30 bits per heavy atom.